The van der Waals surface area contributed by atoms with Gasteiger partial charge in [-0.05, 0) is 12.1 Å². The first-order chi connectivity index (χ1) is 10.0. The highest BCUT2D eigenvalue weighted by Crippen LogP contribution is 2.26. The van der Waals surface area contributed by atoms with Gasteiger partial charge in [-0.15, -0.1) is 0 Å². The van der Waals surface area contributed by atoms with Crippen LogP contribution in [0, 0.1) is 0 Å². The van der Waals surface area contributed by atoms with E-state index in [-0.39, 0.29) is 11.1 Å². The molecular formula is C12H7Cl2NO6. The van der Waals surface area contributed by atoms with Gasteiger partial charge < -0.3 is 8.58 Å². The standard InChI is InChI=1S/C12H7Cl2NO6/c13-20-9(16)5-8(12(19)21-14)15-10(17)6-3-1-2-4-7(6)11(15)18/h1-4,8H,5H2. The Bertz CT molecular complexity index is 597. The summed E-state index contributed by atoms with van der Waals surface area (Å²) in [5, 5.41) is 0. The predicted molar refractivity (Wildman–Crippen MR) is 69.2 cm³/mol. The van der Waals surface area contributed by atoms with E-state index in [0.29, 0.717) is 4.90 Å². The summed E-state index contributed by atoms with van der Waals surface area (Å²) in [7, 11) is 0. The molecule has 21 heavy (non-hydrogen) atoms. The van der Waals surface area contributed by atoms with Crippen LogP contribution in [0.4, 0.5) is 0 Å². The zero-order chi connectivity index (χ0) is 15.6. The first-order valence-corrected chi connectivity index (χ1v) is 6.23. The van der Waals surface area contributed by atoms with E-state index in [1.54, 1.807) is 12.1 Å². The molecule has 0 saturated heterocycles. The lowest BCUT2D eigenvalue weighted by Gasteiger charge is -2.21. The molecule has 110 valence electrons. The monoisotopic (exact) mass is 331 g/mol. The van der Waals surface area contributed by atoms with Gasteiger partial charge in [0.2, 0.25) is 0 Å². The minimum atomic E-state index is -1.55. The maximum absolute atomic E-state index is 12.2. The molecule has 0 radical (unpaired) electrons. The van der Waals surface area contributed by atoms with Gasteiger partial charge in [0.25, 0.3) is 11.8 Å². The number of hydrogen-bond donors (Lipinski definition) is 0. The molecule has 0 fully saturated rings. The number of nitrogens with zero attached hydrogens (tertiary/aromatic N) is 1. The molecule has 0 saturated carbocycles. The molecule has 1 aromatic rings. The van der Waals surface area contributed by atoms with Gasteiger partial charge in [0.1, 0.15) is 29.8 Å². The van der Waals surface area contributed by atoms with Gasteiger partial charge in [0, 0.05) is 0 Å². The van der Waals surface area contributed by atoms with Crippen LogP contribution in [0.3, 0.4) is 0 Å². The van der Waals surface area contributed by atoms with E-state index in [2.05, 4.69) is 8.58 Å². The molecule has 0 spiro atoms. The number of hydrogen-bond acceptors (Lipinski definition) is 6. The molecule has 1 aliphatic heterocycles. The first kappa shape index (κ1) is 15.3. The molecular weight excluding hydrogens is 325 g/mol. The summed E-state index contributed by atoms with van der Waals surface area (Å²) in [6.07, 6.45) is -0.666. The van der Waals surface area contributed by atoms with E-state index < -0.39 is 36.2 Å². The maximum atomic E-state index is 12.2. The molecule has 9 heteroatoms. The topological polar surface area (TPSA) is 90.0 Å². The average molecular weight is 332 g/mol. The van der Waals surface area contributed by atoms with Gasteiger partial charge in [0.05, 0.1) is 17.5 Å². The lowest BCUT2D eigenvalue weighted by atomic mass is 10.1. The Morgan fingerprint density at radius 1 is 1.05 bits per heavy atom. The van der Waals surface area contributed by atoms with Crippen molar-refractivity contribution in [3.05, 3.63) is 35.4 Å². The van der Waals surface area contributed by atoms with Crippen molar-refractivity contribution in [2.45, 2.75) is 12.5 Å². The molecule has 1 aromatic carbocycles. The summed E-state index contributed by atoms with van der Waals surface area (Å²) < 4.78 is 7.92. The molecule has 0 N–H and O–H groups in total. The number of benzene rings is 1. The average Bonchev–Trinajstić information content (AvgIpc) is 2.76. The molecule has 1 heterocycles. The third-order valence-electron chi connectivity index (χ3n) is 2.93. The molecule has 0 aromatic heterocycles. The van der Waals surface area contributed by atoms with E-state index in [0.717, 1.165) is 0 Å². The van der Waals surface area contributed by atoms with Gasteiger partial charge in [0.15, 0.2) is 0 Å². The maximum Gasteiger partial charge on any atom is 0.348 e. The van der Waals surface area contributed by atoms with E-state index >= 15 is 0 Å². The highest BCUT2D eigenvalue weighted by molar-refractivity contribution is 6.23. The fraction of sp³-hybridized carbons (Fsp3) is 0.167. The van der Waals surface area contributed by atoms with Crippen LogP contribution in [0.2, 0.25) is 0 Å². The SMILES string of the molecule is O=C(CC(C(=O)OCl)N1C(=O)c2ccccc2C1=O)OCl. The third kappa shape index (κ3) is 2.70. The third-order valence-corrected chi connectivity index (χ3v) is 3.26. The molecule has 0 aliphatic carbocycles. The van der Waals surface area contributed by atoms with Gasteiger partial charge in [-0.3, -0.25) is 19.3 Å². The second kappa shape index (κ2) is 6.11. The zero-order valence-corrected chi connectivity index (χ0v) is 11.8. The molecule has 1 atom stereocenters. The second-order valence-corrected chi connectivity index (χ2v) is 4.40. The Morgan fingerprint density at radius 3 is 2.00 bits per heavy atom. The van der Waals surface area contributed by atoms with Crippen LogP contribution >= 0.6 is 23.7 Å². The number of halogens is 2. The first-order valence-electron chi connectivity index (χ1n) is 5.62. The minimum absolute atomic E-state index is 0.120. The summed E-state index contributed by atoms with van der Waals surface area (Å²) in [4.78, 5) is 47.9. The summed E-state index contributed by atoms with van der Waals surface area (Å²) in [6.45, 7) is 0. The van der Waals surface area contributed by atoms with Crippen molar-refractivity contribution in [3.8, 4) is 0 Å². The largest absolute Gasteiger partial charge is 0.348 e. The minimum Gasteiger partial charge on any atom is -0.348 e. The fourth-order valence-corrected chi connectivity index (χ4v) is 2.18. The molecule has 2 rings (SSSR count). The van der Waals surface area contributed by atoms with Gasteiger partial charge in [-0.25, -0.2) is 4.79 Å². The van der Waals surface area contributed by atoms with Crippen molar-refractivity contribution in [2.75, 3.05) is 0 Å². The number of carbonyl (C=O) groups excluding carboxylic acids is 4. The van der Waals surface area contributed by atoms with Crippen LogP contribution in [0.15, 0.2) is 24.3 Å². The van der Waals surface area contributed by atoms with Crippen molar-refractivity contribution < 1.29 is 27.8 Å². The van der Waals surface area contributed by atoms with E-state index in [4.69, 9.17) is 23.7 Å². The Hall–Kier alpha value is -2.12. The van der Waals surface area contributed by atoms with Crippen molar-refractivity contribution in [1.82, 2.24) is 4.90 Å². The number of rotatable bonds is 4. The lowest BCUT2D eigenvalue weighted by Crippen LogP contribution is -2.46. The smallest absolute Gasteiger partial charge is 0.348 e. The van der Waals surface area contributed by atoms with Crippen LogP contribution in [0.1, 0.15) is 27.1 Å². The zero-order valence-electron chi connectivity index (χ0n) is 10.2. The van der Waals surface area contributed by atoms with Crippen LogP contribution in [-0.4, -0.2) is 34.7 Å². The van der Waals surface area contributed by atoms with Gasteiger partial charge in [-0.1, -0.05) is 12.1 Å². The van der Waals surface area contributed by atoms with Crippen molar-refractivity contribution in [2.24, 2.45) is 0 Å². The van der Waals surface area contributed by atoms with E-state index in [9.17, 15) is 19.2 Å². The summed E-state index contributed by atoms with van der Waals surface area (Å²) in [5.74, 6) is -3.62. The van der Waals surface area contributed by atoms with Gasteiger partial charge >= 0.3 is 11.9 Å². The summed E-state index contributed by atoms with van der Waals surface area (Å²) in [6, 6.07) is 4.43. The normalized spacial score (nSPS) is 14.7. The van der Waals surface area contributed by atoms with Crippen LogP contribution < -0.4 is 0 Å². The van der Waals surface area contributed by atoms with Crippen LogP contribution in [-0.2, 0) is 18.2 Å². The summed E-state index contributed by atoms with van der Waals surface area (Å²) >= 11 is 9.86. The van der Waals surface area contributed by atoms with Crippen LogP contribution in [0.5, 0.6) is 0 Å². The Labute approximate surface area is 128 Å². The predicted octanol–water partition coefficient (Wildman–Crippen LogP) is 1.44. The van der Waals surface area contributed by atoms with Crippen molar-refractivity contribution >= 4 is 47.5 Å². The van der Waals surface area contributed by atoms with E-state index in [1.807, 2.05) is 0 Å². The fourth-order valence-electron chi connectivity index (χ4n) is 2.01. The second-order valence-electron chi connectivity index (χ2n) is 4.09. The Kier molecular flexibility index (Phi) is 4.44. The number of fused-ring (bicyclic) bond motifs is 1. The van der Waals surface area contributed by atoms with Crippen molar-refractivity contribution in [3.63, 3.8) is 0 Å². The van der Waals surface area contributed by atoms with Crippen LogP contribution in [0.25, 0.3) is 0 Å². The quantitative estimate of drug-likeness (QED) is 0.775. The van der Waals surface area contributed by atoms with Crippen molar-refractivity contribution in [1.29, 1.82) is 0 Å². The number of imide groups is 1. The number of carbonyl (C=O) groups is 4. The molecule has 1 aliphatic rings. The Morgan fingerprint density at radius 2 is 1.57 bits per heavy atom. The highest BCUT2D eigenvalue weighted by Gasteiger charge is 2.44. The summed E-state index contributed by atoms with van der Waals surface area (Å²) in [5.41, 5.74) is 0.239. The highest BCUT2D eigenvalue weighted by atomic mass is 35.5. The molecule has 1 unspecified atom stereocenters. The van der Waals surface area contributed by atoms with E-state index in [1.165, 1.54) is 12.1 Å². The molecule has 7 nitrogen and oxygen atoms in total. The molecule has 2 amide bonds. The Balaban J connectivity index is 2.38. The lowest BCUT2D eigenvalue weighted by molar-refractivity contribution is -0.144. The van der Waals surface area contributed by atoms with Gasteiger partial charge in [-0.2, -0.15) is 0 Å². The number of amides is 2. The molecule has 0 bridgehead atoms.